The Balaban J connectivity index is 1.44. The van der Waals surface area contributed by atoms with Gasteiger partial charge < -0.3 is 14.4 Å². The average molecular weight is 328 g/mol. The normalized spacial score (nSPS) is 26.5. The first-order valence-electron chi connectivity index (χ1n) is 8.62. The van der Waals surface area contributed by atoms with Gasteiger partial charge in [-0.05, 0) is 36.3 Å². The summed E-state index contributed by atoms with van der Waals surface area (Å²) < 4.78 is 11.2. The van der Waals surface area contributed by atoms with Gasteiger partial charge in [0.05, 0.1) is 7.11 Å². The van der Waals surface area contributed by atoms with Crippen molar-refractivity contribution in [1.82, 2.24) is 9.80 Å². The molecule has 3 aliphatic heterocycles. The summed E-state index contributed by atoms with van der Waals surface area (Å²) in [6, 6.07) is 6.35. The molecule has 24 heavy (non-hydrogen) atoms. The van der Waals surface area contributed by atoms with E-state index < -0.39 is 0 Å². The molecule has 3 heterocycles. The van der Waals surface area contributed by atoms with Crippen LogP contribution in [0.5, 0.6) is 11.5 Å². The molecule has 1 aromatic carbocycles. The number of carbonyl (C=O) groups excluding carboxylic acids is 1. The largest absolute Gasteiger partial charge is 0.497 e. The zero-order valence-corrected chi connectivity index (χ0v) is 14.3. The molecule has 2 saturated heterocycles. The molecule has 0 aromatic heterocycles. The van der Waals surface area contributed by atoms with Crippen LogP contribution in [0.15, 0.2) is 23.8 Å². The quantitative estimate of drug-likeness (QED) is 0.851. The van der Waals surface area contributed by atoms with E-state index in [1.165, 1.54) is 5.57 Å². The van der Waals surface area contributed by atoms with Gasteiger partial charge in [-0.2, -0.15) is 0 Å². The fraction of sp³-hybridized carbons (Fsp3) is 0.526. The number of likely N-dealkylation sites (tertiary alicyclic amines) is 2. The molecule has 0 unspecified atom stereocenters. The standard InChI is InChI=1S/C19H24N2O3/c1-20-17-5-6-21(11-15(17)9-19(20)22)10-13-7-14-8-16(23-2)3-4-18(14)24-12-13/h3-4,7-8,15,17H,5-6,9-12H2,1-2H3/t15-,17+/m1/s1. The molecular weight excluding hydrogens is 304 g/mol. The third-order valence-electron chi connectivity index (χ3n) is 5.52. The molecule has 1 aromatic rings. The summed E-state index contributed by atoms with van der Waals surface area (Å²) in [5.74, 6) is 2.55. The van der Waals surface area contributed by atoms with Crippen LogP contribution in [0, 0.1) is 5.92 Å². The fourth-order valence-corrected chi connectivity index (χ4v) is 4.21. The minimum absolute atomic E-state index is 0.299. The number of nitrogens with zero attached hydrogens (tertiary/aromatic N) is 2. The van der Waals surface area contributed by atoms with Crippen LogP contribution >= 0.6 is 0 Å². The van der Waals surface area contributed by atoms with E-state index >= 15 is 0 Å². The maximum Gasteiger partial charge on any atom is 0.222 e. The molecular formula is C19H24N2O3. The van der Waals surface area contributed by atoms with Crippen molar-refractivity contribution in [2.45, 2.75) is 18.9 Å². The van der Waals surface area contributed by atoms with Crippen molar-refractivity contribution in [1.29, 1.82) is 0 Å². The molecule has 0 bridgehead atoms. The highest BCUT2D eigenvalue weighted by Crippen LogP contribution is 2.33. The van der Waals surface area contributed by atoms with E-state index in [4.69, 9.17) is 9.47 Å². The Labute approximate surface area is 142 Å². The van der Waals surface area contributed by atoms with Crippen LogP contribution in [0.25, 0.3) is 6.08 Å². The molecule has 128 valence electrons. The molecule has 3 aliphatic rings. The van der Waals surface area contributed by atoms with Gasteiger partial charge >= 0.3 is 0 Å². The second kappa shape index (κ2) is 6.13. The maximum atomic E-state index is 11.9. The first-order chi connectivity index (χ1) is 11.6. The number of hydrogen-bond donors (Lipinski definition) is 0. The predicted molar refractivity (Wildman–Crippen MR) is 92.2 cm³/mol. The first-order valence-corrected chi connectivity index (χ1v) is 8.62. The van der Waals surface area contributed by atoms with Crippen LogP contribution < -0.4 is 9.47 Å². The molecule has 5 heteroatoms. The van der Waals surface area contributed by atoms with Crippen LogP contribution in [0.3, 0.4) is 0 Å². The lowest BCUT2D eigenvalue weighted by atomic mass is 9.92. The fourth-order valence-electron chi connectivity index (χ4n) is 4.21. The van der Waals surface area contributed by atoms with E-state index in [9.17, 15) is 4.79 Å². The van der Waals surface area contributed by atoms with Crippen LogP contribution in [-0.2, 0) is 4.79 Å². The number of rotatable bonds is 3. The number of carbonyl (C=O) groups is 1. The Morgan fingerprint density at radius 1 is 1.38 bits per heavy atom. The Morgan fingerprint density at radius 2 is 2.25 bits per heavy atom. The van der Waals surface area contributed by atoms with Gasteiger partial charge in [0.1, 0.15) is 18.1 Å². The van der Waals surface area contributed by atoms with E-state index in [2.05, 4.69) is 11.0 Å². The Bertz CT molecular complexity index is 685. The molecule has 0 saturated carbocycles. The second-order valence-electron chi connectivity index (χ2n) is 7.06. The summed E-state index contributed by atoms with van der Waals surface area (Å²) in [6.45, 7) is 3.60. The van der Waals surface area contributed by atoms with Gasteiger partial charge in [-0.15, -0.1) is 0 Å². The van der Waals surface area contributed by atoms with Crippen molar-refractivity contribution in [3.8, 4) is 11.5 Å². The van der Waals surface area contributed by atoms with Crippen molar-refractivity contribution in [3.05, 3.63) is 29.3 Å². The van der Waals surface area contributed by atoms with Gasteiger partial charge in [0.25, 0.3) is 0 Å². The number of benzene rings is 1. The smallest absolute Gasteiger partial charge is 0.222 e. The van der Waals surface area contributed by atoms with E-state index in [0.29, 0.717) is 30.9 Å². The van der Waals surface area contributed by atoms with Crippen molar-refractivity contribution >= 4 is 12.0 Å². The number of piperidine rings is 1. The summed E-state index contributed by atoms with van der Waals surface area (Å²) in [5, 5.41) is 0. The summed E-state index contributed by atoms with van der Waals surface area (Å²) >= 11 is 0. The topological polar surface area (TPSA) is 42.0 Å². The Hall–Kier alpha value is -2.01. The zero-order chi connectivity index (χ0) is 16.7. The predicted octanol–water partition coefficient (Wildman–Crippen LogP) is 2.02. The number of hydrogen-bond acceptors (Lipinski definition) is 4. The molecule has 5 nitrogen and oxygen atoms in total. The monoisotopic (exact) mass is 328 g/mol. The minimum Gasteiger partial charge on any atom is -0.497 e. The third-order valence-corrected chi connectivity index (χ3v) is 5.52. The number of methoxy groups -OCH3 is 1. The summed E-state index contributed by atoms with van der Waals surface area (Å²) in [5.41, 5.74) is 2.37. The van der Waals surface area contributed by atoms with Gasteiger partial charge in [0.2, 0.25) is 5.91 Å². The van der Waals surface area contributed by atoms with Crippen LogP contribution in [0.2, 0.25) is 0 Å². The van der Waals surface area contributed by atoms with Crippen LogP contribution in [0.1, 0.15) is 18.4 Å². The lowest BCUT2D eigenvalue weighted by Crippen LogP contribution is -2.46. The third kappa shape index (κ3) is 2.77. The van der Waals surface area contributed by atoms with Gasteiger partial charge in [-0.25, -0.2) is 0 Å². The summed E-state index contributed by atoms with van der Waals surface area (Å²) in [6.07, 6.45) is 4.00. The highest BCUT2D eigenvalue weighted by Gasteiger charge is 2.40. The van der Waals surface area contributed by atoms with Crippen LogP contribution in [-0.4, -0.2) is 62.1 Å². The Kier molecular flexibility index (Phi) is 3.96. The summed E-state index contributed by atoms with van der Waals surface area (Å²) in [4.78, 5) is 16.3. The van der Waals surface area contributed by atoms with Gasteiger partial charge in [-0.1, -0.05) is 0 Å². The van der Waals surface area contributed by atoms with E-state index in [1.807, 2.05) is 30.1 Å². The lowest BCUT2D eigenvalue weighted by molar-refractivity contribution is -0.127. The number of ether oxygens (including phenoxy) is 2. The van der Waals surface area contributed by atoms with Gasteiger partial charge in [0.15, 0.2) is 0 Å². The SMILES string of the molecule is COc1ccc2c(c1)C=C(CN1CC[C@H]3[C@H](CC(=O)N3C)C1)CO2. The van der Waals surface area contributed by atoms with Crippen molar-refractivity contribution < 1.29 is 14.3 Å². The highest BCUT2D eigenvalue weighted by atomic mass is 16.5. The second-order valence-corrected chi connectivity index (χ2v) is 7.06. The van der Waals surface area contributed by atoms with Crippen molar-refractivity contribution in [3.63, 3.8) is 0 Å². The molecule has 2 atom stereocenters. The average Bonchev–Trinajstić information content (AvgIpc) is 2.88. The van der Waals surface area contributed by atoms with Gasteiger partial charge in [-0.3, -0.25) is 9.69 Å². The van der Waals surface area contributed by atoms with E-state index in [-0.39, 0.29) is 0 Å². The Morgan fingerprint density at radius 3 is 3.08 bits per heavy atom. The first kappa shape index (κ1) is 15.5. The zero-order valence-electron chi connectivity index (χ0n) is 14.3. The van der Waals surface area contributed by atoms with Crippen LogP contribution in [0.4, 0.5) is 0 Å². The maximum absolute atomic E-state index is 11.9. The molecule has 2 fully saturated rings. The molecule has 4 rings (SSSR count). The summed E-state index contributed by atoms with van der Waals surface area (Å²) in [7, 11) is 3.63. The lowest BCUT2D eigenvalue weighted by Gasteiger charge is -2.37. The molecule has 0 spiro atoms. The molecule has 1 amide bonds. The molecule has 0 N–H and O–H groups in total. The van der Waals surface area contributed by atoms with Gasteiger partial charge in [0, 0.05) is 50.6 Å². The minimum atomic E-state index is 0.299. The van der Waals surface area contributed by atoms with E-state index in [0.717, 1.165) is 43.1 Å². The molecule has 0 radical (unpaired) electrons. The number of amides is 1. The number of fused-ring (bicyclic) bond motifs is 2. The van der Waals surface area contributed by atoms with Crippen molar-refractivity contribution in [2.24, 2.45) is 5.92 Å². The van der Waals surface area contributed by atoms with E-state index in [1.54, 1.807) is 7.11 Å². The van der Waals surface area contributed by atoms with Crippen molar-refractivity contribution in [2.75, 3.05) is 40.4 Å². The molecule has 0 aliphatic carbocycles. The highest BCUT2D eigenvalue weighted by molar-refractivity contribution is 5.79.